The van der Waals surface area contributed by atoms with Gasteiger partial charge in [0.05, 0.1) is 11.0 Å². The number of hydrogen-bond acceptors (Lipinski definition) is 5. The van der Waals surface area contributed by atoms with Crippen molar-refractivity contribution in [2.75, 3.05) is 30.4 Å². The molecule has 1 aromatic heterocycles. The summed E-state index contributed by atoms with van der Waals surface area (Å²) in [7, 11) is 4.07. The first-order valence-electron chi connectivity index (χ1n) is 8.19. The minimum atomic E-state index is -0.499. The van der Waals surface area contributed by atoms with Gasteiger partial charge in [-0.15, -0.1) is 11.3 Å². The summed E-state index contributed by atoms with van der Waals surface area (Å²) >= 11 is 1.60. The van der Waals surface area contributed by atoms with E-state index in [-0.39, 0.29) is 5.78 Å². The van der Waals surface area contributed by atoms with E-state index in [0.717, 1.165) is 39.9 Å². The first-order valence-corrected chi connectivity index (χ1v) is 9.01. The van der Waals surface area contributed by atoms with Gasteiger partial charge in [0.1, 0.15) is 10.8 Å². The van der Waals surface area contributed by atoms with E-state index in [2.05, 4.69) is 34.1 Å². The highest BCUT2D eigenvalue weighted by atomic mass is 32.1. The lowest BCUT2D eigenvalue weighted by molar-refractivity contribution is 0.0888. The summed E-state index contributed by atoms with van der Waals surface area (Å²) in [6.45, 7) is 4.90. The molecule has 0 bridgehead atoms. The zero-order valence-corrected chi connectivity index (χ0v) is 15.3. The Labute approximate surface area is 146 Å². The molecule has 1 saturated heterocycles. The molecule has 2 aliphatic heterocycles. The van der Waals surface area contributed by atoms with E-state index in [4.69, 9.17) is 4.99 Å². The van der Waals surface area contributed by atoms with Gasteiger partial charge in [-0.2, -0.15) is 0 Å². The number of anilines is 2. The van der Waals surface area contributed by atoms with Crippen LogP contribution in [0, 0.1) is 12.3 Å². The van der Waals surface area contributed by atoms with Crippen LogP contribution in [0.5, 0.6) is 0 Å². The first-order chi connectivity index (χ1) is 11.4. The van der Waals surface area contributed by atoms with Crippen molar-refractivity contribution in [1.82, 2.24) is 0 Å². The van der Waals surface area contributed by atoms with E-state index in [1.165, 1.54) is 5.69 Å². The number of carbonyl (C=O) groups is 1. The minimum Gasteiger partial charge on any atom is -0.378 e. The maximum absolute atomic E-state index is 13.0. The van der Waals surface area contributed by atoms with Gasteiger partial charge in [0.2, 0.25) is 0 Å². The summed E-state index contributed by atoms with van der Waals surface area (Å²) < 4.78 is 0. The van der Waals surface area contributed by atoms with Crippen molar-refractivity contribution < 1.29 is 4.79 Å². The lowest BCUT2D eigenvalue weighted by atomic mass is 9.79. The van der Waals surface area contributed by atoms with Gasteiger partial charge < -0.3 is 9.80 Å². The maximum atomic E-state index is 13.0. The van der Waals surface area contributed by atoms with E-state index in [0.29, 0.717) is 0 Å². The molecule has 1 atom stereocenters. The number of benzene rings is 1. The highest BCUT2D eigenvalue weighted by Gasteiger charge is 2.50. The summed E-state index contributed by atoms with van der Waals surface area (Å²) in [4.78, 5) is 23.4. The van der Waals surface area contributed by atoms with Gasteiger partial charge in [0, 0.05) is 36.9 Å². The van der Waals surface area contributed by atoms with Crippen LogP contribution in [-0.4, -0.2) is 32.3 Å². The average Bonchev–Trinajstić information content (AvgIpc) is 3.09. The number of amidine groups is 1. The smallest absolute Gasteiger partial charge is 0.179 e. The molecule has 1 fully saturated rings. The molecule has 124 valence electrons. The first kappa shape index (κ1) is 15.4. The molecule has 1 unspecified atom stereocenters. The van der Waals surface area contributed by atoms with Gasteiger partial charge in [-0.25, -0.2) is 4.99 Å². The quantitative estimate of drug-likeness (QED) is 0.820. The Bertz CT molecular complexity index is 850. The number of Topliss-reactive ketones (excluding diaryl/α,β-unsaturated/α-hetero) is 1. The lowest BCUT2D eigenvalue weighted by Crippen LogP contribution is -2.40. The summed E-state index contributed by atoms with van der Waals surface area (Å²) in [6.07, 6.45) is 0.814. The Kier molecular flexibility index (Phi) is 3.32. The molecule has 0 aliphatic carbocycles. The van der Waals surface area contributed by atoms with Gasteiger partial charge in [-0.05, 0) is 50.6 Å². The summed E-state index contributed by atoms with van der Waals surface area (Å²) in [6, 6.07) is 10.4. The molecule has 4 nitrogen and oxygen atoms in total. The van der Waals surface area contributed by atoms with Crippen LogP contribution in [0.15, 0.2) is 35.3 Å². The van der Waals surface area contributed by atoms with Crippen LogP contribution in [-0.2, 0) is 0 Å². The van der Waals surface area contributed by atoms with Gasteiger partial charge >= 0.3 is 0 Å². The van der Waals surface area contributed by atoms with Crippen molar-refractivity contribution in [3.63, 3.8) is 0 Å². The van der Waals surface area contributed by atoms with E-state index in [1.807, 2.05) is 34.0 Å². The molecular weight excluding hydrogens is 318 g/mol. The van der Waals surface area contributed by atoms with Crippen LogP contribution in [0.2, 0.25) is 0 Å². The number of hydrogen-bond donors (Lipinski definition) is 0. The van der Waals surface area contributed by atoms with Crippen molar-refractivity contribution in [3.8, 4) is 0 Å². The Morgan fingerprint density at radius 3 is 2.62 bits per heavy atom. The molecule has 0 N–H and O–H groups in total. The Morgan fingerprint density at radius 2 is 1.96 bits per heavy atom. The number of aryl methyl sites for hydroxylation is 1. The standard InChI is InChI=1S/C19H21N3OS/c1-12-11-15-16(23)19(2)9-10-22(18(19)20-17(15)24-12)14-7-5-13(6-8-14)21(3)4/h5-8,11H,9-10H2,1-4H3. The number of fused-ring (bicyclic) bond motifs is 2. The largest absolute Gasteiger partial charge is 0.378 e. The summed E-state index contributed by atoms with van der Waals surface area (Å²) in [5.41, 5.74) is 2.57. The Hall–Kier alpha value is -2.14. The van der Waals surface area contributed by atoms with E-state index >= 15 is 0 Å². The molecule has 0 amide bonds. The normalized spacial score (nSPS) is 22.2. The fourth-order valence-electron chi connectivity index (χ4n) is 3.57. The number of rotatable bonds is 2. The van der Waals surface area contributed by atoms with E-state index < -0.39 is 5.41 Å². The SMILES string of the molecule is Cc1cc2c(s1)N=C1N(c3ccc(N(C)C)cc3)CCC1(C)C2=O. The second kappa shape index (κ2) is 5.18. The Balaban J connectivity index is 1.77. The fourth-order valence-corrected chi connectivity index (χ4v) is 4.45. The number of nitrogens with zero attached hydrogens (tertiary/aromatic N) is 3. The molecule has 5 heteroatoms. The number of aliphatic imine (C=N–C) groups is 1. The predicted molar refractivity (Wildman–Crippen MR) is 101 cm³/mol. The van der Waals surface area contributed by atoms with Gasteiger partial charge in [0.25, 0.3) is 0 Å². The molecule has 0 spiro atoms. The zero-order chi connectivity index (χ0) is 17.1. The van der Waals surface area contributed by atoms with Crippen molar-refractivity contribution in [3.05, 3.63) is 40.8 Å². The molecule has 0 radical (unpaired) electrons. The number of ketones is 1. The molecule has 4 rings (SSSR count). The average molecular weight is 339 g/mol. The molecule has 0 saturated carbocycles. The van der Waals surface area contributed by atoms with Crippen LogP contribution in [0.4, 0.5) is 16.4 Å². The minimum absolute atomic E-state index is 0.222. The molecule has 2 aromatic rings. The third-order valence-corrected chi connectivity index (χ3v) is 6.00. The van der Waals surface area contributed by atoms with Crippen molar-refractivity contribution >= 4 is 39.3 Å². The van der Waals surface area contributed by atoms with E-state index in [1.54, 1.807) is 11.3 Å². The monoisotopic (exact) mass is 339 g/mol. The van der Waals surface area contributed by atoms with E-state index in [9.17, 15) is 4.79 Å². The Morgan fingerprint density at radius 1 is 1.25 bits per heavy atom. The van der Waals surface area contributed by atoms with Crippen LogP contribution in [0.1, 0.15) is 28.6 Å². The maximum Gasteiger partial charge on any atom is 0.179 e. The summed E-state index contributed by atoms with van der Waals surface area (Å²) in [5.74, 6) is 1.12. The molecular formula is C19H21N3OS. The topological polar surface area (TPSA) is 35.9 Å². The molecule has 24 heavy (non-hydrogen) atoms. The third kappa shape index (κ3) is 2.11. The predicted octanol–water partition coefficient (Wildman–Crippen LogP) is 4.27. The number of carbonyl (C=O) groups excluding carboxylic acids is 1. The van der Waals surface area contributed by atoms with Crippen molar-refractivity contribution in [2.24, 2.45) is 10.4 Å². The summed E-state index contributed by atoms with van der Waals surface area (Å²) in [5, 5.41) is 0.863. The molecule has 1 aromatic carbocycles. The fraction of sp³-hybridized carbons (Fsp3) is 0.368. The highest BCUT2D eigenvalue weighted by Crippen LogP contribution is 2.47. The van der Waals surface area contributed by atoms with Gasteiger partial charge in [-0.3, -0.25) is 4.79 Å². The van der Waals surface area contributed by atoms with Gasteiger partial charge in [0.15, 0.2) is 5.78 Å². The third-order valence-electron chi connectivity index (χ3n) is 5.05. The zero-order valence-electron chi connectivity index (χ0n) is 14.5. The second-order valence-corrected chi connectivity index (χ2v) is 8.22. The number of thiophene rings is 1. The van der Waals surface area contributed by atoms with Crippen LogP contribution < -0.4 is 9.80 Å². The van der Waals surface area contributed by atoms with Crippen LogP contribution >= 0.6 is 11.3 Å². The lowest BCUT2D eigenvalue weighted by Gasteiger charge is -2.29. The van der Waals surface area contributed by atoms with Crippen LogP contribution in [0.25, 0.3) is 0 Å². The van der Waals surface area contributed by atoms with Crippen LogP contribution in [0.3, 0.4) is 0 Å². The van der Waals surface area contributed by atoms with Crippen molar-refractivity contribution in [2.45, 2.75) is 20.3 Å². The highest BCUT2D eigenvalue weighted by molar-refractivity contribution is 7.16. The van der Waals surface area contributed by atoms with Gasteiger partial charge in [-0.1, -0.05) is 0 Å². The van der Waals surface area contributed by atoms with Crippen molar-refractivity contribution in [1.29, 1.82) is 0 Å². The second-order valence-electron chi connectivity index (χ2n) is 6.98. The molecule has 3 heterocycles. The molecule has 2 aliphatic rings.